The molecule has 0 bridgehead atoms. The third-order valence-corrected chi connectivity index (χ3v) is 5.07. The average Bonchev–Trinajstić information content (AvgIpc) is 2.47. The molecule has 0 radical (unpaired) electrons. The minimum atomic E-state index is -0.555. The van der Waals surface area contributed by atoms with Crippen LogP contribution in [0.2, 0.25) is 5.02 Å². The Bertz CT molecular complexity index is 539. The van der Waals surface area contributed by atoms with Gasteiger partial charge in [0.2, 0.25) is 0 Å². The lowest BCUT2D eigenvalue weighted by Gasteiger charge is -2.40. The van der Waals surface area contributed by atoms with Crippen molar-refractivity contribution in [3.05, 3.63) is 34.9 Å². The van der Waals surface area contributed by atoms with Gasteiger partial charge in [0.1, 0.15) is 0 Å². The number of amides is 1. The van der Waals surface area contributed by atoms with Crippen LogP contribution in [0.3, 0.4) is 0 Å². The van der Waals surface area contributed by atoms with E-state index in [1.165, 1.54) is 0 Å². The minimum Gasteiger partial charge on any atom is -0.391 e. The first-order valence-electron chi connectivity index (χ1n) is 7.35. The summed E-state index contributed by atoms with van der Waals surface area (Å²) in [5, 5.41) is 3.60. The molecule has 3 nitrogen and oxygen atoms in total. The molecule has 0 aromatic heterocycles. The Morgan fingerprint density at radius 2 is 2.14 bits per heavy atom. The van der Waals surface area contributed by atoms with Gasteiger partial charge in [0, 0.05) is 10.6 Å². The van der Waals surface area contributed by atoms with Crippen molar-refractivity contribution in [2.45, 2.75) is 44.6 Å². The minimum absolute atomic E-state index is 0.166. The van der Waals surface area contributed by atoms with Crippen LogP contribution in [0.25, 0.3) is 0 Å². The quantitative estimate of drug-likeness (QED) is 0.830. The van der Waals surface area contributed by atoms with E-state index in [4.69, 9.17) is 29.6 Å². The highest BCUT2D eigenvalue weighted by atomic mass is 35.5. The van der Waals surface area contributed by atoms with Crippen molar-refractivity contribution in [3.63, 3.8) is 0 Å². The molecule has 0 spiro atoms. The monoisotopic (exact) mass is 324 g/mol. The fraction of sp³-hybridized carbons (Fsp3) is 0.500. The van der Waals surface area contributed by atoms with E-state index in [0.29, 0.717) is 21.5 Å². The summed E-state index contributed by atoms with van der Waals surface area (Å²) < 4.78 is 0. The Morgan fingerprint density at radius 1 is 1.48 bits per heavy atom. The van der Waals surface area contributed by atoms with Crippen LogP contribution < -0.4 is 11.1 Å². The topological polar surface area (TPSA) is 55.1 Å². The Kier molecular flexibility index (Phi) is 5.22. The smallest absolute Gasteiger partial charge is 0.252 e. The molecule has 1 aliphatic carbocycles. The number of rotatable bonds is 4. The maximum absolute atomic E-state index is 12.4. The molecule has 1 aromatic carbocycles. The SMILES string of the molecule is CCC1CCC(NC(=O)c2cccc(Cl)c2)(C(N)=S)CC1. The molecule has 1 amide bonds. The summed E-state index contributed by atoms with van der Waals surface area (Å²) in [6, 6.07) is 6.90. The zero-order valence-electron chi connectivity index (χ0n) is 12.2. The standard InChI is InChI=1S/C16H21ClN2OS/c1-2-11-6-8-16(9-7-11,15(18)21)19-14(20)12-4-3-5-13(17)10-12/h3-5,10-11H,2,6-9H2,1H3,(H2,18,21)(H,19,20). The van der Waals surface area contributed by atoms with E-state index < -0.39 is 5.54 Å². The Balaban J connectivity index is 2.14. The lowest BCUT2D eigenvalue weighted by atomic mass is 9.75. The molecule has 1 aliphatic rings. The van der Waals surface area contributed by atoms with Crippen molar-refractivity contribution in [1.29, 1.82) is 0 Å². The number of carbonyl (C=O) groups is 1. The second kappa shape index (κ2) is 6.75. The summed E-state index contributed by atoms with van der Waals surface area (Å²) in [6.07, 6.45) is 4.88. The van der Waals surface area contributed by atoms with Gasteiger partial charge in [0.15, 0.2) is 0 Å². The Hall–Kier alpha value is -1.13. The van der Waals surface area contributed by atoms with Crippen molar-refractivity contribution in [1.82, 2.24) is 5.32 Å². The van der Waals surface area contributed by atoms with Gasteiger partial charge in [-0.25, -0.2) is 0 Å². The summed E-state index contributed by atoms with van der Waals surface area (Å²) in [7, 11) is 0. The molecular formula is C16H21ClN2OS. The number of halogens is 1. The molecule has 0 atom stereocenters. The summed E-state index contributed by atoms with van der Waals surface area (Å²) in [6.45, 7) is 2.20. The molecule has 1 aromatic rings. The Morgan fingerprint density at radius 3 is 2.67 bits per heavy atom. The van der Waals surface area contributed by atoms with Gasteiger partial charge in [-0.3, -0.25) is 4.79 Å². The van der Waals surface area contributed by atoms with E-state index in [9.17, 15) is 4.79 Å². The molecule has 21 heavy (non-hydrogen) atoms. The summed E-state index contributed by atoms with van der Waals surface area (Å²) in [4.78, 5) is 12.8. The van der Waals surface area contributed by atoms with E-state index in [2.05, 4.69) is 12.2 Å². The van der Waals surface area contributed by atoms with Gasteiger partial charge in [-0.15, -0.1) is 0 Å². The zero-order chi connectivity index (χ0) is 15.5. The van der Waals surface area contributed by atoms with Crippen LogP contribution in [-0.2, 0) is 0 Å². The fourth-order valence-electron chi connectivity index (χ4n) is 2.93. The van der Waals surface area contributed by atoms with Gasteiger partial charge in [0.05, 0.1) is 10.5 Å². The largest absolute Gasteiger partial charge is 0.391 e. The lowest BCUT2D eigenvalue weighted by molar-refractivity contribution is 0.0898. The highest BCUT2D eigenvalue weighted by Gasteiger charge is 2.39. The molecule has 0 aliphatic heterocycles. The first-order valence-corrected chi connectivity index (χ1v) is 8.13. The first kappa shape index (κ1) is 16.2. The van der Waals surface area contributed by atoms with Crippen LogP contribution in [0.4, 0.5) is 0 Å². The van der Waals surface area contributed by atoms with Gasteiger partial charge in [-0.2, -0.15) is 0 Å². The van der Waals surface area contributed by atoms with Crippen molar-refractivity contribution < 1.29 is 4.79 Å². The highest BCUT2D eigenvalue weighted by Crippen LogP contribution is 2.34. The first-order chi connectivity index (χ1) is 9.97. The maximum atomic E-state index is 12.4. The molecule has 0 saturated heterocycles. The molecular weight excluding hydrogens is 304 g/mol. The average molecular weight is 325 g/mol. The van der Waals surface area contributed by atoms with Crippen LogP contribution in [0.15, 0.2) is 24.3 Å². The molecule has 5 heteroatoms. The van der Waals surface area contributed by atoms with E-state index >= 15 is 0 Å². The van der Waals surface area contributed by atoms with Crippen LogP contribution in [0, 0.1) is 5.92 Å². The number of carbonyl (C=O) groups excluding carboxylic acids is 1. The molecule has 1 saturated carbocycles. The zero-order valence-corrected chi connectivity index (χ0v) is 13.8. The third-order valence-electron chi connectivity index (χ3n) is 4.45. The summed E-state index contributed by atoms with van der Waals surface area (Å²) in [5.41, 5.74) is 5.92. The number of hydrogen-bond donors (Lipinski definition) is 2. The fourth-order valence-corrected chi connectivity index (χ4v) is 3.38. The van der Waals surface area contributed by atoms with Crippen molar-refractivity contribution in [2.24, 2.45) is 11.7 Å². The molecule has 114 valence electrons. The van der Waals surface area contributed by atoms with Gasteiger partial charge >= 0.3 is 0 Å². The maximum Gasteiger partial charge on any atom is 0.252 e. The van der Waals surface area contributed by atoms with Crippen molar-refractivity contribution in [3.8, 4) is 0 Å². The van der Waals surface area contributed by atoms with E-state index in [-0.39, 0.29) is 5.91 Å². The number of thiocarbonyl (C=S) groups is 1. The van der Waals surface area contributed by atoms with Crippen molar-refractivity contribution in [2.75, 3.05) is 0 Å². The summed E-state index contributed by atoms with van der Waals surface area (Å²) >= 11 is 11.2. The van der Waals surface area contributed by atoms with Crippen LogP contribution >= 0.6 is 23.8 Å². The lowest BCUT2D eigenvalue weighted by Crippen LogP contribution is -2.58. The van der Waals surface area contributed by atoms with Gasteiger partial charge < -0.3 is 11.1 Å². The molecule has 0 heterocycles. The van der Waals surface area contributed by atoms with Crippen LogP contribution in [0.1, 0.15) is 49.4 Å². The van der Waals surface area contributed by atoms with Crippen molar-refractivity contribution >= 4 is 34.7 Å². The molecule has 3 N–H and O–H groups in total. The van der Waals surface area contributed by atoms with E-state index in [1.54, 1.807) is 24.3 Å². The van der Waals surface area contributed by atoms with E-state index in [0.717, 1.165) is 32.1 Å². The number of nitrogens with one attached hydrogen (secondary N) is 1. The van der Waals surface area contributed by atoms with E-state index in [1.807, 2.05) is 0 Å². The number of benzene rings is 1. The summed E-state index contributed by atoms with van der Waals surface area (Å²) in [5.74, 6) is 0.538. The second-order valence-electron chi connectivity index (χ2n) is 5.76. The number of nitrogens with two attached hydrogens (primary N) is 1. The third kappa shape index (κ3) is 3.74. The highest BCUT2D eigenvalue weighted by molar-refractivity contribution is 7.80. The predicted molar refractivity (Wildman–Crippen MR) is 90.7 cm³/mol. The van der Waals surface area contributed by atoms with Gasteiger partial charge in [-0.05, 0) is 49.8 Å². The predicted octanol–water partition coefficient (Wildman–Crippen LogP) is 3.69. The normalized spacial score (nSPS) is 25.3. The molecule has 0 unspecified atom stereocenters. The van der Waals surface area contributed by atoms with Gasteiger partial charge in [0.25, 0.3) is 5.91 Å². The van der Waals surface area contributed by atoms with Crippen LogP contribution in [-0.4, -0.2) is 16.4 Å². The second-order valence-corrected chi connectivity index (χ2v) is 6.64. The van der Waals surface area contributed by atoms with Crippen LogP contribution in [0.5, 0.6) is 0 Å². The molecule has 1 fully saturated rings. The Labute approximate surface area is 136 Å². The van der Waals surface area contributed by atoms with Gasteiger partial charge in [-0.1, -0.05) is 43.2 Å². The number of hydrogen-bond acceptors (Lipinski definition) is 2. The molecule has 2 rings (SSSR count).